The maximum absolute atomic E-state index is 10.5. The molecule has 0 aliphatic carbocycles. The molecule has 0 amide bonds. The summed E-state index contributed by atoms with van der Waals surface area (Å²) in [7, 11) is 1.82. The minimum atomic E-state index is -0.433. The molecule has 0 unspecified atom stereocenters. The molecule has 7 heteroatoms. The summed E-state index contributed by atoms with van der Waals surface area (Å²) in [5.41, 5.74) is 1.61. The lowest BCUT2D eigenvalue weighted by Gasteiger charge is -1.98. The number of hydrogen-bond acceptors (Lipinski definition) is 5. The van der Waals surface area contributed by atoms with Crippen molar-refractivity contribution in [2.24, 2.45) is 0 Å². The van der Waals surface area contributed by atoms with Crippen molar-refractivity contribution in [2.45, 2.75) is 6.54 Å². The molecule has 0 aliphatic rings. The summed E-state index contributed by atoms with van der Waals surface area (Å²) in [6.45, 7) is 0.632. The first-order valence-electron chi connectivity index (χ1n) is 5.01. The van der Waals surface area contributed by atoms with E-state index in [1.54, 1.807) is 23.0 Å². The fourth-order valence-corrected chi connectivity index (χ4v) is 1.41. The highest BCUT2D eigenvalue weighted by molar-refractivity contribution is 5.40. The Hall–Kier alpha value is -2.28. The molecule has 0 aliphatic heterocycles. The summed E-state index contributed by atoms with van der Waals surface area (Å²) in [5, 5.41) is 21.4. The van der Waals surface area contributed by atoms with Crippen molar-refractivity contribution in [3.63, 3.8) is 0 Å². The van der Waals surface area contributed by atoms with E-state index in [-0.39, 0.29) is 5.69 Å². The van der Waals surface area contributed by atoms with Crippen LogP contribution >= 0.6 is 0 Å². The van der Waals surface area contributed by atoms with Crippen molar-refractivity contribution in [1.82, 2.24) is 20.3 Å². The van der Waals surface area contributed by atoms with Gasteiger partial charge in [0.1, 0.15) is 0 Å². The van der Waals surface area contributed by atoms with Crippen LogP contribution in [0.3, 0.4) is 0 Å². The van der Waals surface area contributed by atoms with Crippen molar-refractivity contribution >= 4 is 5.69 Å². The second-order valence-electron chi connectivity index (χ2n) is 3.46. The predicted octanol–water partition coefficient (Wildman–Crippen LogP) is 0.895. The number of nitro benzene ring substituents is 1. The Balaban J connectivity index is 2.23. The summed E-state index contributed by atoms with van der Waals surface area (Å²) < 4.78 is 1.58. The third kappa shape index (κ3) is 2.45. The third-order valence-electron chi connectivity index (χ3n) is 2.22. The number of non-ortho nitro benzene ring substituents is 1. The van der Waals surface area contributed by atoms with E-state index < -0.39 is 4.92 Å². The number of aromatic nitrogens is 3. The molecule has 1 aromatic heterocycles. The van der Waals surface area contributed by atoms with Crippen LogP contribution < -0.4 is 5.32 Å². The Morgan fingerprint density at radius 3 is 2.71 bits per heavy atom. The Kier molecular flexibility index (Phi) is 3.10. The van der Waals surface area contributed by atoms with Crippen LogP contribution in [0.15, 0.2) is 30.5 Å². The maximum Gasteiger partial charge on any atom is 0.269 e. The second-order valence-corrected chi connectivity index (χ2v) is 3.46. The number of rotatable bonds is 4. The largest absolute Gasteiger partial charge is 0.314 e. The molecule has 1 heterocycles. The quantitative estimate of drug-likeness (QED) is 0.626. The van der Waals surface area contributed by atoms with E-state index in [4.69, 9.17) is 0 Å². The zero-order chi connectivity index (χ0) is 12.3. The number of benzene rings is 1. The number of nitrogens with zero attached hydrogens (tertiary/aromatic N) is 4. The monoisotopic (exact) mass is 233 g/mol. The van der Waals surface area contributed by atoms with Crippen LogP contribution in [-0.2, 0) is 6.54 Å². The Labute approximate surface area is 97.2 Å². The van der Waals surface area contributed by atoms with Gasteiger partial charge in [0.15, 0.2) is 0 Å². The van der Waals surface area contributed by atoms with Gasteiger partial charge >= 0.3 is 0 Å². The summed E-state index contributed by atoms with van der Waals surface area (Å²) in [5.74, 6) is 0. The van der Waals surface area contributed by atoms with Crippen molar-refractivity contribution < 1.29 is 4.92 Å². The molecule has 88 valence electrons. The number of nitro groups is 1. The molecule has 0 spiro atoms. The lowest BCUT2D eigenvalue weighted by Crippen LogP contribution is -2.04. The van der Waals surface area contributed by atoms with Gasteiger partial charge in [-0.3, -0.25) is 10.1 Å². The first-order chi connectivity index (χ1) is 8.20. The van der Waals surface area contributed by atoms with Crippen molar-refractivity contribution in [3.05, 3.63) is 46.3 Å². The average molecular weight is 233 g/mol. The van der Waals surface area contributed by atoms with Gasteiger partial charge in [-0.2, -0.15) is 0 Å². The van der Waals surface area contributed by atoms with Crippen LogP contribution in [0.1, 0.15) is 5.69 Å². The minimum Gasteiger partial charge on any atom is -0.314 e. The van der Waals surface area contributed by atoms with E-state index in [1.165, 1.54) is 12.1 Å². The Bertz CT molecular complexity index is 520. The van der Waals surface area contributed by atoms with E-state index >= 15 is 0 Å². The lowest BCUT2D eigenvalue weighted by atomic mass is 10.3. The molecule has 17 heavy (non-hydrogen) atoms. The minimum absolute atomic E-state index is 0.0595. The highest BCUT2D eigenvalue weighted by Crippen LogP contribution is 2.14. The van der Waals surface area contributed by atoms with Gasteiger partial charge < -0.3 is 5.32 Å². The molecule has 7 nitrogen and oxygen atoms in total. The van der Waals surface area contributed by atoms with Gasteiger partial charge in [-0.1, -0.05) is 5.21 Å². The van der Waals surface area contributed by atoms with Crippen molar-refractivity contribution in [2.75, 3.05) is 7.05 Å². The number of nitrogens with one attached hydrogen (secondary N) is 1. The van der Waals surface area contributed by atoms with Crippen LogP contribution in [-0.4, -0.2) is 27.0 Å². The maximum atomic E-state index is 10.5. The highest BCUT2D eigenvalue weighted by Gasteiger charge is 2.06. The second kappa shape index (κ2) is 4.71. The molecule has 0 saturated carbocycles. The van der Waals surface area contributed by atoms with E-state index in [0.29, 0.717) is 6.54 Å². The number of hydrogen-bond donors (Lipinski definition) is 1. The van der Waals surface area contributed by atoms with Crippen LogP contribution in [0.2, 0.25) is 0 Å². The first kappa shape index (κ1) is 11.2. The average Bonchev–Trinajstić information content (AvgIpc) is 2.78. The molecule has 0 fully saturated rings. The highest BCUT2D eigenvalue weighted by atomic mass is 16.6. The molecule has 2 aromatic rings. The first-order valence-corrected chi connectivity index (χ1v) is 5.01. The van der Waals surface area contributed by atoms with Crippen molar-refractivity contribution in [1.29, 1.82) is 0 Å². The van der Waals surface area contributed by atoms with E-state index in [0.717, 1.165) is 11.4 Å². The van der Waals surface area contributed by atoms with Gasteiger partial charge in [0.25, 0.3) is 5.69 Å². The molecule has 0 radical (unpaired) electrons. The smallest absolute Gasteiger partial charge is 0.269 e. The zero-order valence-electron chi connectivity index (χ0n) is 9.20. The Morgan fingerprint density at radius 1 is 1.41 bits per heavy atom. The van der Waals surface area contributed by atoms with Crippen LogP contribution in [0.25, 0.3) is 5.69 Å². The molecule has 0 saturated heterocycles. The molecular formula is C10H11N5O2. The van der Waals surface area contributed by atoms with E-state index in [2.05, 4.69) is 15.6 Å². The summed E-state index contributed by atoms with van der Waals surface area (Å²) in [6.07, 6.45) is 1.78. The fourth-order valence-electron chi connectivity index (χ4n) is 1.41. The topological polar surface area (TPSA) is 85.9 Å². The summed E-state index contributed by atoms with van der Waals surface area (Å²) in [4.78, 5) is 10.1. The van der Waals surface area contributed by atoms with Gasteiger partial charge in [-0.15, -0.1) is 5.10 Å². The zero-order valence-corrected chi connectivity index (χ0v) is 9.20. The molecule has 2 rings (SSSR count). The molecule has 1 aromatic carbocycles. The van der Waals surface area contributed by atoms with Gasteiger partial charge in [0, 0.05) is 18.7 Å². The normalized spacial score (nSPS) is 10.4. The molecule has 0 atom stereocenters. The summed E-state index contributed by atoms with van der Waals surface area (Å²) in [6, 6.07) is 6.15. The summed E-state index contributed by atoms with van der Waals surface area (Å²) >= 11 is 0. The van der Waals surface area contributed by atoms with E-state index in [9.17, 15) is 10.1 Å². The van der Waals surface area contributed by atoms with Crippen LogP contribution in [0.4, 0.5) is 5.69 Å². The molecular weight excluding hydrogens is 222 g/mol. The lowest BCUT2D eigenvalue weighted by molar-refractivity contribution is -0.384. The standard InChI is InChI=1S/C10H11N5O2/c1-11-6-8-7-14(13-12-8)9-2-4-10(5-3-9)15(16)17/h2-5,7,11H,6H2,1H3. The molecule has 0 bridgehead atoms. The SMILES string of the molecule is CNCc1cn(-c2ccc([N+](=O)[O-])cc2)nn1. The third-order valence-corrected chi connectivity index (χ3v) is 2.22. The van der Waals surface area contributed by atoms with Crippen LogP contribution in [0.5, 0.6) is 0 Å². The van der Waals surface area contributed by atoms with Gasteiger partial charge in [0.2, 0.25) is 0 Å². The predicted molar refractivity (Wildman–Crippen MR) is 60.8 cm³/mol. The fraction of sp³-hybridized carbons (Fsp3) is 0.200. The van der Waals surface area contributed by atoms with Crippen molar-refractivity contribution in [3.8, 4) is 5.69 Å². The van der Waals surface area contributed by atoms with Gasteiger partial charge in [-0.25, -0.2) is 4.68 Å². The van der Waals surface area contributed by atoms with Crippen LogP contribution in [0, 0.1) is 10.1 Å². The van der Waals surface area contributed by atoms with Gasteiger partial charge in [-0.05, 0) is 19.2 Å². The van der Waals surface area contributed by atoms with Gasteiger partial charge in [0.05, 0.1) is 22.5 Å². The Morgan fingerprint density at radius 2 is 2.12 bits per heavy atom. The van der Waals surface area contributed by atoms with E-state index in [1.807, 2.05) is 7.05 Å². The molecule has 1 N–H and O–H groups in total.